The summed E-state index contributed by atoms with van der Waals surface area (Å²) < 4.78 is 33.6. The molecule has 0 spiro atoms. The number of aromatic nitrogens is 2. The highest BCUT2D eigenvalue weighted by Gasteiger charge is 2.35. The molecule has 5 rings (SSSR count). The Bertz CT molecular complexity index is 1090. The van der Waals surface area contributed by atoms with E-state index in [0.29, 0.717) is 53.3 Å². The Hall–Kier alpha value is -1.78. The first-order valence-corrected chi connectivity index (χ1v) is 14.4. The van der Waals surface area contributed by atoms with Crippen LogP contribution in [0.15, 0.2) is 15.5 Å². The Morgan fingerprint density at radius 2 is 1.79 bits per heavy atom. The third-order valence-electron chi connectivity index (χ3n) is 7.11. The van der Waals surface area contributed by atoms with Crippen LogP contribution in [0.5, 0.6) is 0 Å². The molecule has 0 radical (unpaired) electrons. The molecule has 2 aliphatic carbocycles. The maximum Gasteiger partial charge on any atom is 0.244 e. The van der Waals surface area contributed by atoms with E-state index in [0.717, 1.165) is 30.6 Å². The number of thiophene rings is 1. The van der Waals surface area contributed by atoms with E-state index < -0.39 is 10.0 Å². The van der Waals surface area contributed by atoms with E-state index in [2.05, 4.69) is 15.5 Å². The number of hydrogen-bond donors (Lipinski definition) is 1. The molecule has 2 aromatic heterocycles. The zero-order chi connectivity index (χ0) is 23.0. The van der Waals surface area contributed by atoms with Gasteiger partial charge in [0.25, 0.3) is 0 Å². The van der Waals surface area contributed by atoms with Crippen molar-refractivity contribution in [1.82, 2.24) is 19.8 Å². The van der Waals surface area contributed by atoms with Gasteiger partial charge in [0, 0.05) is 35.8 Å². The quantitative estimate of drug-likeness (QED) is 0.605. The summed E-state index contributed by atoms with van der Waals surface area (Å²) in [5.41, 5.74) is 0. The second-order valence-electron chi connectivity index (χ2n) is 9.64. The zero-order valence-electron chi connectivity index (χ0n) is 19.1. The SMILES string of the molecule is Cc1sc(-c2noc(C3CC3)n2)cc1S(=O)(=O)N1CCC(C(=O)NC2CCCCCC2)CC1. The lowest BCUT2D eigenvalue weighted by atomic mass is 9.96. The Balaban J connectivity index is 1.22. The Morgan fingerprint density at radius 1 is 1.09 bits per heavy atom. The molecule has 0 aromatic carbocycles. The van der Waals surface area contributed by atoms with Gasteiger partial charge >= 0.3 is 0 Å². The van der Waals surface area contributed by atoms with Crippen molar-refractivity contribution in [3.8, 4) is 10.7 Å². The summed E-state index contributed by atoms with van der Waals surface area (Å²) in [5, 5.41) is 7.28. The second kappa shape index (κ2) is 9.46. The van der Waals surface area contributed by atoms with Crippen molar-refractivity contribution in [3.05, 3.63) is 16.8 Å². The molecule has 3 heterocycles. The number of carbonyl (C=O) groups excluding carboxylic acids is 1. The van der Waals surface area contributed by atoms with Gasteiger partial charge in [-0.1, -0.05) is 30.8 Å². The molecule has 1 aliphatic heterocycles. The standard InChI is InChI=1S/C23H32N4O4S2/c1-15-20(14-19(32-15)21-25-23(31-26-21)17-8-9-17)33(29,30)27-12-10-16(11-13-27)22(28)24-18-6-4-2-3-5-7-18/h14,16-18H,2-13H2,1H3,(H,24,28). The van der Waals surface area contributed by atoms with Crippen molar-refractivity contribution < 1.29 is 17.7 Å². The average molecular weight is 493 g/mol. The lowest BCUT2D eigenvalue weighted by Gasteiger charge is -2.31. The normalized spacial score (nSPS) is 21.7. The summed E-state index contributed by atoms with van der Waals surface area (Å²) in [6.45, 7) is 2.55. The maximum absolute atomic E-state index is 13.4. The predicted octanol–water partition coefficient (Wildman–Crippen LogP) is 4.22. The van der Waals surface area contributed by atoms with Crippen LogP contribution in [0.4, 0.5) is 0 Å². The summed E-state index contributed by atoms with van der Waals surface area (Å²) in [6.07, 6.45) is 10.2. The first-order valence-electron chi connectivity index (χ1n) is 12.2. The first-order chi connectivity index (χ1) is 15.9. The molecule has 2 aromatic rings. The van der Waals surface area contributed by atoms with Crippen LogP contribution < -0.4 is 5.32 Å². The molecule has 2 saturated carbocycles. The van der Waals surface area contributed by atoms with Crippen LogP contribution in [0.1, 0.15) is 80.9 Å². The van der Waals surface area contributed by atoms with E-state index >= 15 is 0 Å². The lowest BCUT2D eigenvalue weighted by molar-refractivity contribution is -0.126. The van der Waals surface area contributed by atoms with E-state index in [9.17, 15) is 13.2 Å². The molecule has 1 amide bonds. The van der Waals surface area contributed by atoms with Crippen LogP contribution in [0.2, 0.25) is 0 Å². The lowest BCUT2D eigenvalue weighted by Crippen LogP contribution is -2.45. The monoisotopic (exact) mass is 492 g/mol. The van der Waals surface area contributed by atoms with Gasteiger partial charge in [-0.15, -0.1) is 11.3 Å². The minimum Gasteiger partial charge on any atom is -0.353 e. The third-order valence-corrected chi connectivity index (χ3v) is 10.3. The molecule has 8 nitrogen and oxygen atoms in total. The fourth-order valence-corrected chi connectivity index (χ4v) is 7.86. The maximum atomic E-state index is 13.4. The van der Waals surface area contributed by atoms with Crippen LogP contribution in [-0.2, 0) is 14.8 Å². The number of amides is 1. The van der Waals surface area contributed by atoms with Gasteiger partial charge in [-0.2, -0.15) is 9.29 Å². The van der Waals surface area contributed by atoms with Crippen molar-refractivity contribution in [2.75, 3.05) is 13.1 Å². The molecule has 10 heteroatoms. The second-order valence-corrected chi connectivity index (χ2v) is 12.8. The number of carbonyl (C=O) groups is 1. The number of aryl methyl sites for hydroxylation is 1. The molecule has 3 aliphatic rings. The highest BCUT2D eigenvalue weighted by molar-refractivity contribution is 7.89. The fraction of sp³-hybridized carbons (Fsp3) is 0.696. The summed E-state index contributed by atoms with van der Waals surface area (Å²) in [7, 11) is -3.63. The van der Waals surface area contributed by atoms with Gasteiger partial charge in [-0.25, -0.2) is 8.42 Å². The van der Waals surface area contributed by atoms with Gasteiger partial charge in [-0.3, -0.25) is 4.79 Å². The Labute approximate surface area is 199 Å². The summed E-state index contributed by atoms with van der Waals surface area (Å²) in [4.78, 5) is 19.0. The summed E-state index contributed by atoms with van der Waals surface area (Å²) >= 11 is 1.38. The van der Waals surface area contributed by atoms with Crippen LogP contribution in [-0.4, -0.2) is 47.9 Å². The predicted molar refractivity (Wildman–Crippen MR) is 125 cm³/mol. The summed E-state index contributed by atoms with van der Waals surface area (Å²) in [5.74, 6) is 1.44. The van der Waals surface area contributed by atoms with E-state index in [-0.39, 0.29) is 17.9 Å². The number of hydrogen-bond acceptors (Lipinski definition) is 7. The van der Waals surface area contributed by atoms with Crippen molar-refractivity contribution in [3.63, 3.8) is 0 Å². The number of rotatable bonds is 6. The van der Waals surface area contributed by atoms with E-state index in [1.807, 2.05) is 6.92 Å². The molecule has 0 atom stereocenters. The molecular weight excluding hydrogens is 460 g/mol. The largest absolute Gasteiger partial charge is 0.353 e. The van der Waals surface area contributed by atoms with E-state index in [1.165, 1.54) is 41.3 Å². The first kappa shape index (κ1) is 23.0. The molecule has 0 unspecified atom stereocenters. The molecular formula is C23H32N4O4S2. The van der Waals surface area contributed by atoms with Crippen LogP contribution in [0, 0.1) is 12.8 Å². The molecule has 1 saturated heterocycles. The number of nitrogens with zero attached hydrogens (tertiary/aromatic N) is 3. The third kappa shape index (κ3) is 5.02. The van der Waals surface area contributed by atoms with Crippen molar-refractivity contribution in [1.29, 1.82) is 0 Å². The zero-order valence-corrected chi connectivity index (χ0v) is 20.7. The molecule has 180 valence electrons. The molecule has 33 heavy (non-hydrogen) atoms. The van der Waals surface area contributed by atoms with Crippen LogP contribution in [0.3, 0.4) is 0 Å². The van der Waals surface area contributed by atoms with E-state index in [1.54, 1.807) is 6.07 Å². The minimum absolute atomic E-state index is 0.0940. The van der Waals surface area contributed by atoms with Gasteiger partial charge in [-0.05, 0) is 51.5 Å². The number of piperidine rings is 1. The Kier molecular flexibility index (Phi) is 6.59. The minimum atomic E-state index is -3.63. The van der Waals surface area contributed by atoms with Crippen LogP contribution in [0.25, 0.3) is 10.7 Å². The van der Waals surface area contributed by atoms with Crippen molar-refractivity contribution in [2.45, 2.75) is 88.0 Å². The Morgan fingerprint density at radius 3 is 2.45 bits per heavy atom. The number of sulfonamides is 1. The smallest absolute Gasteiger partial charge is 0.244 e. The topological polar surface area (TPSA) is 105 Å². The molecule has 0 bridgehead atoms. The summed E-state index contributed by atoms with van der Waals surface area (Å²) in [6, 6.07) is 1.95. The van der Waals surface area contributed by atoms with Gasteiger partial charge < -0.3 is 9.84 Å². The van der Waals surface area contributed by atoms with Gasteiger partial charge in [0.05, 0.1) is 9.77 Å². The van der Waals surface area contributed by atoms with Crippen molar-refractivity contribution >= 4 is 27.3 Å². The van der Waals surface area contributed by atoms with Gasteiger partial charge in [0.2, 0.25) is 27.6 Å². The highest BCUT2D eigenvalue weighted by Crippen LogP contribution is 2.41. The van der Waals surface area contributed by atoms with E-state index in [4.69, 9.17) is 4.52 Å². The van der Waals surface area contributed by atoms with Crippen molar-refractivity contribution in [2.24, 2.45) is 5.92 Å². The fourth-order valence-electron chi connectivity index (χ4n) is 4.90. The average Bonchev–Trinajstić information content (AvgIpc) is 3.49. The molecule has 3 fully saturated rings. The van der Waals surface area contributed by atoms with Gasteiger partial charge in [0.1, 0.15) is 0 Å². The van der Waals surface area contributed by atoms with Crippen LogP contribution >= 0.6 is 11.3 Å². The highest BCUT2D eigenvalue weighted by atomic mass is 32.2. The molecule has 1 N–H and O–H groups in total. The number of nitrogens with one attached hydrogen (secondary N) is 1. The van der Waals surface area contributed by atoms with Gasteiger partial charge in [0.15, 0.2) is 0 Å².